The molecule has 8 N–H and O–H groups in total. The first kappa shape index (κ1) is 11.8. The maximum Gasteiger partial charge on any atom is 0.250 e. The summed E-state index contributed by atoms with van der Waals surface area (Å²) in [4.78, 5) is 21.4. The van der Waals surface area contributed by atoms with Crippen LogP contribution in [0.1, 0.15) is 19.3 Å². The van der Waals surface area contributed by atoms with E-state index in [1.807, 2.05) is 10.9 Å². The fraction of sp³-hybridized carbons (Fsp3) is 0.667. The number of nitrogens with two attached hydrogens (primary N) is 3. The van der Waals surface area contributed by atoms with Crippen molar-refractivity contribution in [2.24, 2.45) is 17.4 Å². The molecule has 0 bridgehead atoms. The molecule has 0 aromatic heterocycles. The van der Waals surface area contributed by atoms with Gasteiger partial charge in [0, 0.05) is 6.42 Å². The van der Waals surface area contributed by atoms with Crippen molar-refractivity contribution in [1.82, 2.24) is 10.9 Å². The van der Waals surface area contributed by atoms with E-state index in [9.17, 15) is 9.59 Å². The number of nitrogens with one attached hydrogen (secondary N) is 2. The summed E-state index contributed by atoms with van der Waals surface area (Å²) in [5.41, 5.74) is 9.30. The van der Waals surface area contributed by atoms with E-state index < -0.39 is 11.9 Å². The van der Waals surface area contributed by atoms with Crippen LogP contribution in [0.3, 0.4) is 0 Å². The van der Waals surface area contributed by atoms with Crippen LogP contribution in [-0.4, -0.2) is 17.9 Å². The Morgan fingerprint density at radius 2 is 1.85 bits per heavy atom. The summed E-state index contributed by atoms with van der Waals surface area (Å²) >= 11 is 0. The summed E-state index contributed by atoms with van der Waals surface area (Å²) in [6.07, 6.45) is 1.15. The van der Waals surface area contributed by atoms with E-state index in [1.54, 1.807) is 0 Å². The van der Waals surface area contributed by atoms with Gasteiger partial charge in [0.25, 0.3) is 5.91 Å². The first-order chi connectivity index (χ1) is 6.11. The Labute approximate surface area is 75.9 Å². The van der Waals surface area contributed by atoms with E-state index in [0.29, 0.717) is 12.8 Å². The first-order valence-corrected chi connectivity index (χ1v) is 3.87. The predicted molar refractivity (Wildman–Crippen MR) is 46.5 cm³/mol. The Kier molecular flexibility index (Phi) is 5.77. The van der Waals surface area contributed by atoms with E-state index in [-0.39, 0.29) is 12.3 Å². The topological polar surface area (TPSA) is 136 Å². The molecule has 0 aromatic carbocycles. The lowest BCUT2D eigenvalue weighted by atomic mass is 10.1. The Morgan fingerprint density at radius 3 is 2.31 bits per heavy atom. The van der Waals surface area contributed by atoms with Gasteiger partial charge in [0.15, 0.2) is 0 Å². The van der Waals surface area contributed by atoms with Gasteiger partial charge in [-0.1, -0.05) is 0 Å². The predicted octanol–water partition coefficient (Wildman–Crippen LogP) is -2.54. The second kappa shape index (κ2) is 6.35. The Hall–Kier alpha value is -1.18. The van der Waals surface area contributed by atoms with Gasteiger partial charge in [-0.15, -0.1) is 0 Å². The monoisotopic (exact) mass is 189 g/mol. The molecule has 1 atom stereocenters. The normalized spacial score (nSPS) is 11.9. The molecule has 0 radical (unpaired) electrons. The molecule has 0 fully saturated rings. The standard InChI is InChI=1S/C6H15N5O2/c7-4(6(13)11-9)2-1-3-5(12)10-8/h4H,1-3,7-9H2,(H,10,12)(H,11,13). The van der Waals surface area contributed by atoms with E-state index in [2.05, 4.69) is 0 Å². The summed E-state index contributed by atoms with van der Waals surface area (Å²) in [5, 5.41) is 0. The van der Waals surface area contributed by atoms with Crippen LogP contribution < -0.4 is 28.3 Å². The lowest BCUT2D eigenvalue weighted by molar-refractivity contribution is -0.123. The highest BCUT2D eigenvalue weighted by Gasteiger charge is 2.11. The second-order valence-electron chi connectivity index (χ2n) is 2.57. The van der Waals surface area contributed by atoms with Crippen molar-refractivity contribution >= 4 is 11.8 Å². The van der Waals surface area contributed by atoms with E-state index in [0.717, 1.165) is 0 Å². The maximum absolute atomic E-state index is 10.8. The Morgan fingerprint density at radius 1 is 1.23 bits per heavy atom. The zero-order valence-electron chi connectivity index (χ0n) is 7.25. The van der Waals surface area contributed by atoms with Crippen molar-refractivity contribution in [3.8, 4) is 0 Å². The highest BCUT2D eigenvalue weighted by atomic mass is 16.2. The molecule has 0 aliphatic heterocycles. The van der Waals surface area contributed by atoms with Crippen LogP contribution in [0.4, 0.5) is 0 Å². The summed E-state index contributed by atoms with van der Waals surface area (Å²) in [5.74, 6) is 8.98. The molecular weight excluding hydrogens is 174 g/mol. The number of carbonyl (C=O) groups excluding carboxylic acids is 2. The van der Waals surface area contributed by atoms with Crippen LogP contribution in [0.15, 0.2) is 0 Å². The van der Waals surface area contributed by atoms with Gasteiger partial charge < -0.3 is 5.73 Å². The van der Waals surface area contributed by atoms with Crippen molar-refractivity contribution < 1.29 is 9.59 Å². The SMILES string of the molecule is NNC(=O)CCCC(N)C(=O)NN. The largest absolute Gasteiger partial charge is 0.320 e. The minimum Gasteiger partial charge on any atom is -0.320 e. The molecule has 76 valence electrons. The summed E-state index contributed by atoms with van der Waals surface area (Å²) < 4.78 is 0. The number of hydrazine groups is 2. The van der Waals surface area contributed by atoms with Crippen LogP contribution in [-0.2, 0) is 9.59 Å². The smallest absolute Gasteiger partial charge is 0.250 e. The van der Waals surface area contributed by atoms with Gasteiger partial charge in [-0.2, -0.15) is 0 Å². The van der Waals surface area contributed by atoms with Gasteiger partial charge in [-0.3, -0.25) is 20.4 Å². The third kappa shape index (κ3) is 5.12. The van der Waals surface area contributed by atoms with Crippen LogP contribution >= 0.6 is 0 Å². The van der Waals surface area contributed by atoms with Crippen molar-refractivity contribution in [3.05, 3.63) is 0 Å². The van der Waals surface area contributed by atoms with Gasteiger partial charge in [-0.25, -0.2) is 11.7 Å². The van der Waals surface area contributed by atoms with E-state index in [4.69, 9.17) is 17.4 Å². The molecular formula is C6H15N5O2. The number of hydrogen-bond acceptors (Lipinski definition) is 5. The molecule has 0 saturated heterocycles. The van der Waals surface area contributed by atoms with Gasteiger partial charge in [0.1, 0.15) is 0 Å². The fourth-order valence-corrected chi connectivity index (χ4v) is 0.793. The van der Waals surface area contributed by atoms with Gasteiger partial charge in [0.05, 0.1) is 6.04 Å². The number of carbonyl (C=O) groups is 2. The first-order valence-electron chi connectivity index (χ1n) is 3.87. The van der Waals surface area contributed by atoms with Crippen LogP contribution in [0.5, 0.6) is 0 Å². The molecule has 0 heterocycles. The average Bonchev–Trinajstić information content (AvgIpc) is 2.15. The minimum atomic E-state index is -0.671. The Balaban J connectivity index is 3.53. The van der Waals surface area contributed by atoms with E-state index >= 15 is 0 Å². The quantitative estimate of drug-likeness (QED) is 0.184. The zero-order valence-corrected chi connectivity index (χ0v) is 7.25. The summed E-state index contributed by atoms with van der Waals surface area (Å²) in [7, 11) is 0. The third-order valence-electron chi connectivity index (χ3n) is 1.56. The molecule has 0 aliphatic carbocycles. The molecule has 2 amide bonds. The highest BCUT2D eigenvalue weighted by Crippen LogP contribution is 1.98. The number of amides is 2. The van der Waals surface area contributed by atoms with E-state index in [1.165, 1.54) is 0 Å². The maximum atomic E-state index is 10.8. The lowest BCUT2D eigenvalue weighted by Gasteiger charge is -2.08. The van der Waals surface area contributed by atoms with Crippen LogP contribution in [0.25, 0.3) is 0 Å². The summed E-state index contributed by atoms with van der Waals surface area (Å²) in [6.45, 7) is 0. The minimum absolute atomic E-state index is 0.252. The van der Waals surface area contributed by atoms with Crippen molar-refractivity contribution in [3.63, 3.8) is 0 Å². The Bertz CT molecular complexity index is 184. The molecule has 0 aliphatic rings. The average molecular weight is 189 g/mol. The van der Waals surface area contributed by atoms with Crippen molar-refractivity contribution in [2.75, 3.05) is 0 Å². The van der Waals surface area contributed by atoms with Crippen LogP contribution in [0.2, 0.25) is 0 Å². The zero-order chi connectivity index (χ0) is 10.3. The number of hydrogen-bond donors (Lipinski definition) is 5. The molecule has 0 saturated carbocycles. The van der Waals surface area contributed by atoms with Crippen LogP contribution in [0, 0.1) is 0 Å². The molecule has 1 unspecified atom stereocenters. The van der Waals surface area contributed by atoms with Gasteiger partial charge in [0.2, 0.25) is 5.91 Å². The van der Waals surface area contributed by atoms with Crippen molar-refractivity contribution in [1.29, 1.82) is 0 Å². The van der Waals surface area contributed by atoms with Crippen molar-refractivity contribution in [2.45, 2.75) is 25.3 Å². The molecule has 0 rings (SSSR count). The van der Waals surface area contributed by atoms with Gasteiger partial charge >= 0.3 is 0 Å². The second-order valence-corrected chi connectivity index (χ2v) is 2.57. The number of rotatable bonds is 5. The lowest BCUT2D eigenvalue weighted by Crippen LogP contribution is -2.44. The fourth-order valence-electron chi connectivity index (χ4n) is 0.793. The summed E-state index contributed by atoms with van der Waals surface area (Å²) in [6, 6.07) is -0.671. The third-order valence-corrected chi connectivity index (χ3v) is 1.56. The molecule has 7 heteroatoms. The molecule has 0 aromatic rings. The highest BCUT2D eigenvalue weighted by molar-refractivity contribution is 5.81. The molecule has 7 nitrogen and oxygen atoms in total. The van der Waals surface area contributed by atoms with Gasteiger partial charge in [-0.05, 0) is 12.8 Å². The molecule has 0 spiro atoms. The molecule has 13 heavy (non-hydrogen) atoms.